The van der Waals surface area contributed by atoms with Gasteiger partial charge in [0.05, 0.1) is 25.4 Å². The first-order chi connectivity index (χ1) is 34.5. The summed E-state index contributed by atoms with van der Waals surface area (Å²) in [6.07, 6.45) is 73.6. The van der Waals surface area contributed by atoms with Crippen LogP contribution in [-0.2, 0) is 14.3 Å². The average molecular weight is 987 g/mol. The first kappa shape index (κ1) is 68.3. The van der Waals surface area contributed by atoms with E-state index in [0.717, 1.165) is 64.2 Å². The van der Waals surface area contributed by atoms with E-state index in [4.69, 9.17) is 4.74 Å². The highest BCUT2D eigenvalue weighted by atomic mass is 16.5. The second kappa shape index (κ2) is 59.9. The van der Waals surface area contributed by atoms with E-state index in [9.17, 15) is 19.8 Å². The highest BCUT2D eigenvalue weighted by molar-refractivity contribution is 5.76. The summed E-state index contributed by atoms with van der Waals surface area (Å²) in [5, 5.41) is 23.2. The Morgan fingerprint density at radius 2 is 0.671 bits per heavy atom. The van der Waals surface area contributed by atoms with Gasteiger partial charge in [-0.3, -0.25) is 9.59 Å². The van der Waals surface area contributed by atoms with E-state index in [1.165, 1.54) is 257 Å². The van der Waals surface area contributed by atoms with Crippen LogP contribution in [0.25, 0.3) is 0 Å². The number of hydrogen-bond acceptors (Lipinski definition) is 5. The van der Waals surface area contributed by atoms with Crippen molar-refractivity contribution in [3.63, 3.8) is 0 Å². The van der Waals surface area contributed by atoms with Crippen LogP contribution < -0.4 is 5.32 Å². The van der Waals surface area contributed by atoms with Gasteiger partial charge in [-0.1, -0.05) is 301 Å². The summed E-state index contributed by atoms with van der Waals surface area (Å²) in [6, 6.07) is -0.640. The van der Waals surface area contributed by atoms with Crippen LogP contribution >= 0.6 is 0 Å². The Balaban J connectivity index is 3.47. The van der Waals surface area contributed by atoms with Crippen LogP contribution in [0.4, 0.5) is 0 Å². The largest absolute Gasteiger partial charge is 0.466 e. The number of aliphatic hydroxyl groups is 2. The Hall–Kier alpha value is -1.66. The molecule has 0 saturated carbocycles. The summed E-state index contributed by atoms with van der Waals surface area (Å²) in [6.45, 7) is 4.91. The quantitative estimate of drug-likeness (QED) is 0.0321. The third-order valence-electron chi connectivity index (χ3n) is 14.7. The van der Waals surface area contributed by atoms with Crippen LogP contribution in [0.5, 0.6) is 0 Å². The van der Waals surface area contributed by atoms with Gasteiger partial charge in [0.25, 0.3) is 0 Å². The van der Waals surface area contributed by atoms with Crippen molar-refractivity contribution >= 4 is 11.9 Å². The number of amides is 1. The monoisotopic (exact) mass is 986 g/mol. The van der Waals surface area contributed by atoms with Crippen molar-refractivity contribution in [2.75, 3.05) is 13.2 Å². The molecular formula is C64H123NO5. The maximum absolute atomic E-state index is 12.5. The lowest BCUT2D eigenvalue weighted by Gasteiger charge is -2.20. The van der Waals surface area contributed by atoms with E-state index in [0.29, 0.717) is 19.4 Å². The summed E-state index contributed by atoms with van der Waals surface area (Å²) < 4.78 is 5.49. The minimum atomic E-state index is -0.855. The van der Waals surface area contributed by atoms with Gasteiger partial charge in [-0.25, -0.2) is 0 Å². The van der Waals surface area contributed by atoms with E-state index in [1.807, 2.05) is 6.08 Å². The zero-order valence-electron chi connectivity index (χ0n) is 47.3. The minimum Gasteiger partial charge on any atom is -0.466 e. The number of esters is 1. The smallest absolute Gasteiger partial charge is 0.305 e. The molecule has 70 heavy (non-hydrogen) atoms. The van der Waals surface area contributed by atoms with Crippen molar-refractivity contribution in [1.29, 1.82) is 0 Å². The summed E-state index contributed by atoms with van der Waals surface area (Å²) in [5.41, 5.74) is 0. The maximum Gasteiger partial charge on any atom is 0.305 e. The predicted octanol–water partition coefficient (Wildman–Crippen LogP) is 19.8. The summed E-state index contributed by atoms with van der Waals surface area (Å²) in [7, 11) is 0. The van der Waals surface area contributed by atoms with E-state index in [-0.39, 0.29) is 18.5 Å². The molecule has 0 spiro atoms. The standard InChI is InChI=1S/C64H123NO5/c1-3-5-7-9-11-13-15-17-19-21-23-24-28-32-36-40-44-48-52-56-62(67)61(60-66)65-63(68)57-53-49-45-41-37-33-29-26-27-31-35-39-43-47-51-55-59-70-64(69)58-54-50-46-42-38-34-30-25-22-20-18-16-14-12-10-8-6-4-2/h26,29,52,56,61-62,66-67H,3-25,27-28,30-51,53-55,57-60H2,1-2H3,(H,65,68)/b29-26-,56-52+. The molecule has 0 heterocycles. The molecule has 0 aliphatic heterocycles. The molecule has 0 rings (SSSR count). The number of aliphatic hydroxyl groups excluding tert-OH is 2. The van der Waals surface area contributed by atoms with Gasteiger partial charge in [0.1, 0.15) is 0 Å². The lowest BCUT2D eigenvalue weighted by molar-refractivity contribution is -0.143. The zero-order valence-corrected chi connectivity index (χ0v) is 47.3. The van der Waals surface area contributed by atoms with Crippen molar-refractivity contribution in [1.82, 2.24) is 5.32 Å². The van der Waals surface area contributed by atoms with Gasteiger partial charge in [0.15, 0.2) is 0 Å². The van der Waals surface area contributed by atoms with Crippen LogP contribution in [0.2, 0.25) is 0 Å². The lowest BCUT2D eigenvalue weighted by Crippen LogP contribution is -2.45. The Morgan fingerprint density at radius 3 is 1.01 bits per heavy atom. The second-order valence-corrected chi connectivity index (χ2v) is 21.7. The van der Waals surface area contributed by atoms with Gasteiger partial charge < -0.3 is 20.3 Å². The first-order valence-corrected chi connectivity index (χ1v) is 31.6. The Morgan fingerprint density at radius 1 is 0.386 bits per heavy atom. The molecule has 0 radical (unpaired) electrons. The zero-order chi connectivity index (χ0) is 50.7. The molecule has 0 aliphatic carbocycles. The number of rotatable bonds is 59. The minimum absolute atomic E-state index is 0.00111. The Labute approximate surface area is 437 Å². The maximum atomic E-state index is 12.5. The van der Waals surface area contributed by atoms with Crippen LogP contribution in [0, 0.1) is 0 Å². The molecule has 0 bridgehead atoms. The SMILES string of the molecule is CCCCCCCCCCCCCCCCCCC/C=C/C(O)C(CO)NC(=O)CCCCCCC/C=C\CCCCCCCCCOC(=O)CCCCCCCCCCCCCCCCCCCC. The van der Waals surface area contributed by atoms with Gasteiger partial charge >= 0.3 is 5.97 Å². The number of carbonyl (C=O) groups excluding carboxylic acids is 2. The van der Waals surface area contributed by atoms with Crippen LogP contribution in [0.1, 0.15) is 348 Å². The molecule has 3 N–H and O–H groups in total. The predicted molar refractivity (Wildman–Crippen MR) is 306 cm³/mol. The number of ether oxygens (including phenoxy) is 1. The molecule has 414 valence electrons. The van der Waals surface area contributed by atoms with E-state index < -0.39 is 12.1 Å². The first-order valence-electron chi connectivity index (χ1n) is 31.6. The molecule has 6 heteroatoms. The molecule has 6 nitrogen and oxygen atoms in total. The lowest BCUT2D eigenvalue weighted by atomic mass is 10.0. The molecule has 2 unspecified atom stereocenters. The fourth-order valence-corrected chi connectivity index (χ4v) is 9.87. The average Bonchev–Trinajstić information content (AvgIpc) is 3.36. The number of unbranched alkanes of at least 4 members (excludes halogenated alkanes) is 46. The number of allylic oxidation sites excluding steroid dienone is 3. The fourth-order valence-electron chi connectivity index (χ4n) is 9.87. The molecule has 0 saturated heterocycles. The third-order valence-corrected chi connectivity index (χ3v) is 14.7. The van der Waals surface area contributed by atoms with E-state index in [1.54, 1.807) is 6.08 Å². The van der Waals surface area contributed by atoms with E-state index in [2.05, 4.69) is 31.3 Å². The van der Waals surface area contributed by atoms with Crippen LogP contribution in [0.15, 0.2) is 24.3 Å². The summed E-state index contributed by atoms with van der Waals surface area (Å²) >= 11 is 0. The van der Waals surface area contributed by atoms with Crippen molar-refractivity contribution in [2.45, 2.75) is 360 Å². The Kier molecular flexibility index (Phi) is 58.5. The molecule has 0 aromatic heterocycles. The normalized spacial score (nSPS) is 12.7. The fraction of sp³-hybridized carbons (Fsp3) is 0.906. The topological polar surface area (TPSA) is 95.9 Å². The Bertz CT molecular complexity index is 1090. The van der Waals surface area contributed by atoms with Gasteiger partial charge in [0.2, 0.25) is 5.91 Å². The molecule has 1 amide bonds. The van der Waals surface area contributed by atoms with Crippen molar-refractivity contribution in [3.8, 4) is 0 Å². The molecule has 0 aromatic carbocycles. The van der Waals surface area contributed by atoms with Gasteiger partial charge in [-0.15, -0.1) is 0 Å². The molecule has 2 atom stereocenters. The molecule has 0 aromatic rings. The van der Waals surface area contributed by atoms with Crippen molar-refractivity contribution in [3.05, 3.63) is 24.3 Å². The van der Waals surface area contributed by atoms with Crippen molar-refractivity contribution in [2.24, 2.45) is 0 Å². The van der Waals surface area contributed by atoms with Crippen LogP contribution in [-0.4, -0.2) is 47.4 Å². The van der Waals surface area contributed by atoms with Gasteiger partial charge in [-0.2, -0.15) is 0 Å². The van der Waals surface area contributed by atoms with Gasteiger partial charge in [-0.05, 0) is 57.8 Å². The van der Waals surface area contributed by atoms with Crippen molar-refractivity contribution < 1.29 is 24.5 Å². The van der Waals surface area contributed by atoms with Crippen LogP contribution in [0.3, 0.4) is 0 Å². The highest BCUT2D eigenvalue weighted by Crippen LogP contribution is 2.18. The molecular weight excluding hydrogens is 863 g/mol. The number of nitrogens with one attached hydrogen (secondary N) is 1. The molecule has 0 aliphatic rings. The second-order valence-electron chi connectivity index (χ2n) is 21.7. The molecule has 0 fully saturated rings. The summed E-state index contributed by atoms with van der Waals surface area (Å²) in [4.78, 5) is 24.6. The summed E-state index contributed by atoms with van der Waals surface area (Å²) in [5.74, 6) is -0.0810. The van der Waals surface area contributed by atoms with E-state index >= 15 is 0 Å². The highest BCUT2D eigenvalue weighted by Gasteiger charge is 2.18. The number of carbonyl (C=O) groups is 2. The number of hydrogen-bond donors (Lipinski definition) is 3. The third kappa shape index (κ3) is 55.7. The van der Waals surface area contributed by atoms with Gasteiger partial charge in [0, 0.05) is 12.8 Å².